The van der Waals surface area contributed by atoms with Crippen molar-refractivity contribution >= 4 is 48.4 Å². The van der Waals surface area contributed by atoms with Crippen molar-refractivity contribution in [3.05, 3.63) is 28.8 Å². The molecule has 2 aliphatic heterocycles. The number of aromatic hydroxyl groups is 1. The first-order valence-corrected chi connectivity index (χ1v) is 20.8. The van der Waals surface area contributed by atoms with Crippen molar-refractivity contribution in [1.29, 1.82) is 0 Å². The number of rotatable bonds is 7. The highest BCUT2D eigenvalue weighted by Gasteiger charge is 2.55. The van der Waals surface area contributed by atoms with Gasteiger partial charge in [0.15, 0.2) is 19.5 Å². The minimum absolute atomic E-state index is 0.0234. The van der Waals surface area contributed by atoms with Gasteiger partial charge in [0, 0.05) is 11.2 Å². The van der Waals surface area contributed by atoms with Crippen molar-refractivity contribution in [2.45, 2.75) is 108 Å². The molecular formula is C26H41N4O6PS2Si. The Hall–Kier alpha value is -1.05. The van der Waals surface area contributed by atoms with E-state index >= 15 is 0 Å². The van der Waals surface area contributed by atoms with Gasteiger partial charge >= 0.3 is 0 Å². The zero-order valence-electron chi connectivity index (χ0n) is 24.3. The van der Waals surface area contributed by atoms with Gasteiger partial charge in [-0.15, -0.1) is 0 Å². The van der Waals surface area contributed by atoms with E-state index in [1.54, 1.807) is 15.9 Å². The van der Waals surface area contributed by atoms with Crippen LogP contribution in [-0.2, 0) is 30.0 Å². The first kappa shape index (κ1) is 30.4. The van der Waals surface area contributed by atoms with Crippen LogP contribution in [0.15, 0.2) is 23.3 Å². The summed E-state index contributed by atoms with van der Waals surface area (Å²) >= 11 is 7.81. The minimum Gasteiger partial charge on any atom is -0.480 e. The normalized spacial score (nSPS) is 34.8. The second kappa shape index (κ2) is 10.6. The van der Waals surface area contributed by atoms with E-state index < -0.39 is 37.9 Å². The Morgan fingerprint density at radius 3 is 2.83 bits per heavy atom. The smallest absolute Gasteiger partial charge is 0.296 e. The summed E-state index contributed by atoms with van der Waals surface area (Å²) in [6, 6.07) is -0.474. The van der Waals surface area contributed by atoms with Crippen molar-refractivity contribution in [2.24, 2.45) is 5.92 Å². The van der Waals surface area contributed by atoms with Gasteiger partial charge in [-0.05, 0) is 69.0 Å². The van der Waals surface area contributed by atoms with Gasteiger partial charge in [0.1, 0.15) is 12.3 Å². The Balaban J connectivity index is 1.40. The van der Waals surface area contributed by atoms with Crippen LogP contribution in [-0.4, -0.2) is 62.6 Å². The molecule has 222 valence electrons. The van der Waals surface area contributed by atoms with Crippen LogP contribution in [0.3, 0.4) is 0 Å². The highest BCUT2D eigenvalue weighted by molar-refractivity contribution is 8.68. The molecule has 0 unspecified atom stereocenters. The number of fused-ring (bicyclic) bond motifs is 2. The molecule has 4 heterocycles. The molecule has 0 spiro atoms. The number of aromatic amines is 1. The molecule has 3 aliphatic rings. The van der Waals surface area contributed by atoms with Crippen LogP contribution in [0.25, 0.3) is 11.2 Å². The fourth-order valence-corrected chi connectivity index (χ4v) is 14.0. The molecule has 7 atom stereocenters. The Morgan fingerprint density at radius 1 is 1.43 bits per heavy atom. The largest absolute Gasteiger partial charge is 0.480 e. The van der Waals surface area contributed by atoms with Crippen molar-refractivity contribution in [3.63, 3.8) is 0 Å². The Morgan fingerprint density at radius 2 is 2.15 bits per heavy atom. The van der Waals surface area contributed by atoms with Gasteiger partial charge in [-0.2, -0.15) is 4.98 Å². The van der Waals surface area contributed by atoms with Gasteiger partial charge in [-0.25, -0.2) is 4.98 Å². The molecule has 0 radical (unpaired) electrons. The molecule has 2 N–H and O–H groups in total. The molecule has 0 bridgehead atoms. The predicted molar refractivity (Wildman–Crippen MR) is 164 cm³/mol. The lowest BCUT2D eigenvalue weighted by Crippen LogP contribution is -2.44. The van der Waals surface area contributed by atoms with Crippen molar-refractivity contribution < 1.29 is 23.3 Å². The number of hydrogen-bond donors (Lipinski definition) is 2. The number of nitrogens with zero attached hydrogens (tertiary/aromatic N) is 3. The first-order chi connectivity index (χ1) is 18.5. The topological polar surface area (TPSA) is 121 Å². The molecule has 5 rings (SSSR count). The van der Waals surface area contributed by atoms with Gasteiger partial charge in [-0.1, -0.05) is 44.3 Å². The summed E-state index contributed by atoms with van der Waals surface area (Å²) in [4.78, 5) is 22.9. The Kier molecular flexibility index (Phi) is 8.05. The fourth-order valence-electron chi connectivity index (χ4n) is 5.36. The minimum atomic E-state index is -2.69. The maximum atomic E-state index is 12.3. The van der Waals surface area contributed by atoms with Crippen LogP contribution in [0.5, 0.6) is 6.01 Å². The average molecular weight is 629 g/mol. The maximum absolute atomic E-state index is 12.3. The van der Waals surface area contributed by atoms with E-state index in [0.717, 1.165) is 19.3 Å². The number of ether oxygens (including phenoxy) is 1. The molecule has 1 aliphatic carbocycles. The lowest BCUT2D eigenvalue weighted by molar-refractivity contribution is -0.0371. The van der Waals surface area contributed by atoms with Crippen LogP contribution in [0, 0.1) is 5.92 Å². The van der Waals surface area contributed by atoms with E-state index in [-0.39, 0.29) is 33.2 Å². The van der Waals surface area contributed by atoms with Crippen LogP contribution < -0.4 is 5.56 Å². The standard InChI is InChI=1S/C26H41N4O6PS2Si/c1-15(2)16-9-10-26(6)19(11-16)36-37(38,39-26)35-17-12-20(34-18(17)13-33-40(7,8)25(3,4)5)30-14-27-21-22(30)28-24(32)29-23(21)31/h14,16-20H,1,9-13H2,2-8H3,(H2,28,29,31,32)/t16-,17+,18-,19+,20-,26+,37+/m1/s1. The second-order valence-electron chi connectivity index (χ2n) is 13.1. The molecule has 2 aromatic rings. The monoisotopic (exact) mass is 628 g/mol. The SMILES string of the molecule is C=C(C)[C@@H]1CC[C@]2(C)S[P@@](=S)(O[C@H]3C[C@H](n4cnc5c(=O)[nH]c(O)nc54)O[C@@H]3CO[Si](C)(C)C(C)(C)C)O[C@H]2C1. The number of allylic oxidation sites excluding steroid dienone is 1. The van der Waals surface area contributed by atoms with Crippen molar-refractivity contribution in [1.82, 2.24) is 19.5 Å². The van der Waals surface area contributed by atoms with Crippen molar-refractivity contribution in [3.8, 4) is 6.01 Å². The molecule has 0 amide bonds. The molecule has 14 heteroatoms. The highest BCUT2D eigenvalue weighted by atomic mass is 32.9. The molecule has 0 aromatic carbocycles. The van der Waals surface area contributed by atoms with Gasteiger partial charge in [0.25, 0.3) is 11.6 Å². The molecule has 2 aromatic heterocycles. The lowest BCUT2D eigenvalue weighted by Gasteiger charge is -2.37. The number of nitrogens with one attached hydrogen (secondary N) is 1. The van der Waals surface area contributed by atoms with E-state index in [4.69, 9.17) is 30.0 Å². The van der Waals surface area contributed by atoms with Crippen LogP contribution >= 0.6 is 17.1 Å². The number of H-pyrrole nitrogens is 1. The van der Waals surface area contributed by atoms with E-state index in [1.807, 2.05) is 0 Å². The quantitative estimate of drug-likeness (QED) is 0.214. The lowest BCUT2D eigenvalue weighted by atomic mass is 9.77. The molecule has 40 heavy (non-hydrogen) atoms. The third-order valence-electron chi connectivity index (χ3n) is 9.03. The third-order valence-corrected chi connectivity index (χ3v) is 19.3. The summed E-state index contributed by atoms with van der Waals surface area (Å²) in [5, 5.41) is 9.96. The van der Waals surface area contributed by atoms with Crippen LogP contribution in [0.2, 0.25) is 18.1 Å². The molecular weight excluding hydrogens is 588 g/mol. The van der Waals surface area contributed by atoms with E-state index in [2.05, 4.69) is 69.2 Å². The van der Waals surface area contributed by atoms with Gasteiger partial charge < -0.3 is 23.3 Å². The van der Waals surface area contributed by atoms with Crippen LogP contribution in [0.1, 0.15) is 66.5 Å². The summed E-state index contributed by atoms with van der Waals surface area (Å²) in [6.45, 7) is 19.9. The van der Waals surface area contributed by atoms with Crippen molar-refractivity contribution in [2.75, 3.05) is 6.61 Å². The molecule has 10 nitrogen and oxygen atoms in total. The summed E-state index contributed by atoms with van der Waals surface area (Å²) < 4.78 is 28.0. The van der Waals surface area contributed by atoms with E-state index in [0.29, 0.717) is 18.9 Å². The highest BCUT2D eigenvalue weighted by Crippen LogP contribution is 2.76. The van der Waals surface area contributed by atoms with Gasteiger partial charge in [0.2, 0.25) is 5.69 Å². The summed E-state index contributed by atoms with van der Waals surface area (Å²) in [5.41, 5.74) is -1.63. The summed E-state index contributed by atoms with van der Waals surface area (Å²) in [5.74, 6) is 0.437. The molecule has 1 saturated carbocycles. The van der Waals surface area contributed by atoms with E-state index in [9.17, 15) is 9.90 Å². The summed E-state index contributed by atoms with van der Waals surface area (Å²) in [6.07, 6.45) is 3.66. The molecule has 2 saturated heterocycles. The third kappa shape index (κ3) is 5.77. The molecule has 3 fully saturated rings. The zero-order valence-corrected chi connectivity index (χ0v) is 27.8. The number of hydrogen-bond acceptors (Lipinski definition) is 10. The predicted octanol–water partition coefficient (Wildman–Crippen LogP) is 6.01. The Bertz CT molecular complexity index is 1410. The van der Waals surface area contributed by atoms with Gasteiger partial charge in [-0.3, -0.25) is 14.3 Å². The number of imidazole rings is 1. The Labute approximate surface area is 245 Å². The average Bonchev–Trinajstić information content (AvgIpc) is 3.49. The maximum Gasteiger partial charge on any atom is 0.296 e. The van der Waals surface area contributed by atoms with Gasteiger partial charge in [0.05, 0.1) is 25.1 Å². The van der Waals surface area contributed by atoms with Crippen LogP contribution in [0.4, 0.5) is 0 Å². The summed E-state index contributed by atoms with van der Waals surface area (Å²) in [7, 11) is -2.07. The first-order valence-electron chi connectivity index (χ1n) is 13.8. The zero-order chi connectivity index (χ0) is 29.3. The second-order valence-corrected chi connectivity index (χ2v) is 24.4. The number of aromatic nitrogens is 4. The van der Waals surface area contributed by atoms with E-state index in [1.165, 1.54) is 11.9 Å². The fraction of sp³-hybridized carbons (Fsp3) is 0.731.